The minimum atomic E-state index is -0.383. The van der Waals surface area contributed by atoms with E-state index in [9.17, 15) is 9.59 Å². The Kier molecular flexibility index (Phi) is 5.69. The Hall–Kier alpha value is -2.88. The van der Waals surface area contributed by atoms with Crippen molar-refractivity contribution in [2.24, 2.45) is 0 Å². The number of carbonyl (C=O) groups excluding carboxylic acids is 2. The summed E-state index contributed by atoms with van der Waals surface area (Å²) >= 11 is 0. The van der Waals surface area contributed by atoms with Gasteiger partial charge in [-0.15, -0.1) is 0 Å². The van der Waals surface area contributed by atoms with E-state index < -0.39 is 0 Å². The molecule has 23 heavy (non-hydrogen) atoms. The minimum absolute atomic E-state index is 0.0537. The molecule has 0 unspecified atom stereocenters. The van der Waals surface area contributed by atoms with Crippen molar-refractivity contribution in [3.63, 3.8) is 0 Å². The first kappa shape index (κ1) is 16.5. The average Bonchev–Trinajstić information content (AvgIpc) is 2.55. The molecule has 4 nitrogen and oxygen atoms in total. The SMILES string of the molecule is C=C(NC(=O)Cc1ccc(C)cc1)C(=O)NCc1ccccc1. The van der Waals surface area contributed by atoms with Crippen LogP contribution in [0.25, 0.3) is 0 Å². The maximum absolute atomic E-state index is 11.9. The van der Waals surface area contributed by atoms with Crippen LogP contribution in [0.1, 0.15) is 16.7 Å². The molecule has 2 aromatic rings. The Morgan fingerprint density at radius 3 is 2.26 bits per heavy atom. The van der Waals surface area contributed by atoms with Crippen molar-refractivity contribution in [2.45, 2.75) is 19.9 Å². The standard InChI is InChI=1S/C19H20N2O2/c1-14-8-10-16(11-9-14)12-18(22)21-15(2)19(23)20-13-17-6-4-3-5-7-17/h3-11H,2,12-13H2,1H3,(H,20,23)(H,21,22). The van der Waals surface area contributed by atoms with Crippen LogP contribution in [0.5, 0.6) is 0 Å². The van der Waals surface area contributed by atoms with Crippen molar-refractivity contribution in [2.75, 3.05) is 0 Å². The fraction of sp³-hybridized carbons (Fsp3) is 0.158. The van der Waals surface area contributed by atoms with E-state index in [2.05, 4.69) is 17.2 Å². The second-order valence-electron chi connectivity index (χ2n) is 5.36. The predicted molar refractivity (Wildman–Crippen MR) is 90.5 cm³/mol. The highest BCUT2D eigenvalue weighted by Crippen LogP contribution is 2.04. The Labute approximate surface area is 136 Å². The predicted octanol–water partition coefficient (Wildman–Crippen LogP) is 2.48. The third-order valence-electron chi connectivity index (χ3n) is 3.35. The first-order chi connectivity index (χ1) is 11.0. The number of amides is 2. The maximum Gasteiger partial charge on any atom is 0.267 e. The number of hydrogen-bond acceptors (Lipinski definition) is 2. The minimum Gasteiger partial charge on any atom is -0.347 e. The van der Waals surface area contributed by atoms with Crippen molar-refractivity contribution in [1.29, 1.82) is 0 Å². The Morgan fingerprint density at radius 2 is 1.61 bits per heavy atom. The van der Waals surface area contributed by atoms with Gasteiger partial charge in [0.2, 0.25) is 5.91 Å². The number of hydrogen-bond donors (Lipinski definition) is 2. The van der Waals surface area contributed by atoms with Gasteiger partial charge in [0.15, 0.2) is 0 Å². The number of aryl methyl sites for hydroxylation is 1. The molecule has 0 aromatic heterocycles. The molecule has 0 atom stereocenters. The molecule has 2 rings (SSSR count). The van der Waals surface area contributed by atoms with Crippen molar-refractivity contribution in [1.82, 2.24) is 10.6 Å². The highest BCUT2D eigenvalue weighted by molar-refractivity contribution is 5.97. The molecule has 0 radical (unpaired) electrons. The van der Waals surface area contributed by atoms with Gasteiger partial charge in [-0.3, -0.25) is 9.59 Å². The van der Waals surface area contributed by atoms with E-state index in [0.29, 0.717) is 6.54 Å². The quantitative estimate of drug-likeness (QED) is 0.806. The summed E-state index contributed by atoms with van der Waals surface area (Å²) in [5.41, 5.74) is 3.07. The van der Waals surface area contributed by atoms with Crippen molar-refractivity contribution < 1.29 is 9.59 Å². The molecule has 4 heteroatoms. The second-order valence-corrected chi connectivity index (χ2v) is 5.36. The van der Waals surface area contributed by atoms with E-state index in [1.165, 1.54) is 0 Å². The van der Waals surface area contributed by atoms with Gasteiger partial charge in [-0.2, -0.15) is 0 Å². The Balaban J connectivity index is 1.79. The van der Waals surface area contributed by atoms with Gasteiger partial charge >= 0.3 is 0 Å². The highest BCUT2D eigenvalue weighted by atomic mass is 16.2. The maximum atomic E-state index is 11.9. The molecule has 0 spiro atoms. The number of benzene rings is 2. The van der Waals surface area contributed by atoms with Gasteiger partial charge in [0.25, 0.3) is 5.91 Å². The lowest BCUT2D eigenvalue weighted by Crippen LogP contribution is -2.34. The molecular formula is C19H20N2O2. The zero-order valence-electron chi connectivity index (χ0n) is 13.1. The van der Waals surface area contributed by atoms with Crippen molar-refractivity contribution in [3.8, 4) is 0 Å². The molecule has 0 aliphatic carbocycles. The molecular weight excluding hydrogens is 288 g/mol. The van der Waals surface area contributed by atoms with Crippen LogP contribution in [-0.2, 0) is 22.6 Å². The number of nitrogens with one attached hydrogen (secondary N) is 2. The summed E-state index contributed by atoms with van der Waals surface area (Å²) in [4.78, 5) is 23.9. The number of carbonyl (C=O) groups is 2. The summed E-state index contributed by atoms with van der Waals surface area (Å²) in [6.07, 6.45) is 0.214. The fourth-order valence-electron chi connectivity index (χ4n) is 2.05. The van der Waals surface area contributed by atoms with Crippen LogP contribution in [0.3, 0.4) is 0 Å². The molecule has 0 aliphatic rings. The second kappa shape index (κ2) is 7.94. The van der Waals surface area contributed by atoms with E-state index in [-0.39, 0.29) is 23.9 Å². The van der Waals surface area contributed by atoms with Crippen LogP contribution in [-0.4, -0.2) is 11.8 Å². The molecule has 0 saturated carbocycles. The molecule has 2 N–H and O–H groups in total. The summed E-state index contributed by atoms with van der Waals surface area (Å²) in [5, 5.41) is 5.26. The van der Waals surface area contributed by atoms with Gasteiger partial charge in [0, 0.05) is 6.54 Å². The van der Waals surface area contributed by atoms with Crippen molar-refractivity contribution >= 4 is 11.8 Å². The summed E-state index contributed by atoms with van der Waals surface area (Å²) in [6, 6.07) is 17.2. The summed E-state index contributed by atoms with van der Waals surface area (Å²) in [6.45, 7) is 6.00. The lowest BCUT2D eigenvalue weighted by atomic mass is 10.1. The van der Waals surface area contributed by atoms with Crippen LogP contribution in [0.2, 0.25) is 0 Å². The summed E-state index contributed by atoms with van der Waals surface area (Å²) in [5.74, 6) is -0.639. The van der Waals surface area contributed by atoms with E-state index >= 15 is 0 Å². The molecule has 118 valence electrons. The van der Waals surface area contributed by atoms with Gasteiger partial charge in [0.05, 0.1) is 12.1 Å². The molecule has 0 bridgehead atoms. The Morgan fingerprint density at radius 1 is 0.957 bits per heavy atom. The van der Waals surface area contributed by atoms with Gasteiger partial charge in [0.1, 0.15) is 0 Å². The monoisotopic (exact) mass is 308 g/mol. The summed E-state index contributed by atoms with van der Waals surface area (Å²) < 4.78 is 0. The van der Waals surface area contributed by atoms with Gasteiger partial charge in [-0.05, 0) is 18.1 Å². The van der Waals surface area contributed by atoms with Gasteiger partial charge in [-0.1, -0.05) is 66.7 Å². The average molecular weight is 308 g/mol. The third-order valence-corrected chi connectivity index (χ3v) is 3.35. The first-order valence-corrected chi connectivity index (χ1v) is 7.41. The fourth-order valence-corrected chi connectivity index (χ4v) is 2.05. The van der Waals surface area contributed by atoms with E-state index in [0.717, 1.165) is 16.7 Å². The summed E-state index contributed by atoms with van der Waals surface area (Å²) in [7, 11) is 0. The topological polar surface area (TPSA) is 58.2 Å². The molecule has 0 saturated heterocycles. The van der Waals surface area contributed by atoms with Gasteiger partial charge < -0.3 is 10.6 Å². The van der Waals surface area contributed by atoms with Gasteiger partial charge in [-0.25, -0.2) is 0 Å². The van der Waals surface area contributed by atoms with Crippen LogP contribution in [0.15, 0.2) is 66.9 Å². The number of rotatable bonds is 6. The molecule has 2 aromatic carbocycles. The third kappa shape index (κ3) is 5.43. The molecule has 0 fully saturated rings. The smallest absolute Gasteiger partial charge is 0.267 e. The Bertz CT molecular complexity index is 691. The van der Waals surface area contributed by atoms with Crippen LogP contribution >= 0.6 is 0 Å². The molecule has 0 aliphatic heterocycles. The molecule has 2 amide bonds. The van der Waals surface area contributed by atoms with E-state index in [1.54, 1.807) is 0 Å². The van der Waals surface area contributed by atoms with Crippen LogP contribution < -0.4 is 10.6 Å². The molecule has 0 heterocycles. The van der Waals surface area contributed by atoms with Crippen LogP contribution in [0, 0.1) is 6.92 Å². The highest BCUT2D eigenvalue weighted by Gasteiger charge is 2.11. The first-order valence-electron chi connectivity index (χ1n) is 7.41. The lowest BCUT2D eigenvalue weighted by molar-refractivity contribution is -0.123. The van der Waals surface area contributed by atoms with E-state index in [1.807, 2.05) is 61.5 Å². The van der Waals surface area contributed by atoms with Crippen molar-refractivity contribution in [3.05, 3.63) is 83.6 Å². The normalized spacial score (nSPS) is 9.96. The van der Waals surface area contributed by atoms with E-state index in [4.69, 9.17) is 0 Å². The zero-order valence-corrected chi connectivity index (χ0v) is 13.1. The lowest BCUT2D eigenvalue weighted by Gasteiger charge is -2.09. The van der Waals surface area contributed by atoms with Crippen LogP contribution in [0.4, 0.5) is 0 Å². The largest absolute Gasteiger partial charge is 0.347 e. The zero-order chi connectivity index (χ0) is 16.7.